The molecule has 0 aromatic carbocycles. The van der Waals surface area contributed by atoms with Gasteiger partial charge in [-0.25, -0.2) is 9.93 Å². The quantitative estimate of drug-likeness (QED) is 0.340. The summed E-state index contributed by atoms with van der Waals surface area (Å²) in [5.74, 6) is 0. The van der Waals surface area contributed by atoms with E-state index < -0.39 is 10.2 Å². The molecule has 0 saturated carbocycles. The van der Waals surface area contributed by atoms with Crippen molar-refractivity contribution in [3.05, 3.63) is 0 Å². The van der Waals surface area contributed by atoms with Gasteiger partial charge in [0.1, 0.15) is 0 Å². The van der Waals surface area contributed by atoms with E-state index in [1.54, 1.807) is 0 Å². The summed E-state index contributed by atoms with van der Waals surface area (Å²) in [5, 5.41) is 4.19. The molecule has 0 aliphatic heterocycles. The normalized spacial score (nSPS) is 9.86. The standard InChI is InChI=1S/CH2N2O3S/c2-7(5,6)3-1-4/h(H2,2,5,6). The Morgan fingerprint density at radius 3 is 2.00 bits per heavy atom. The van der Waals surface area contributed by atoms with Crippen molar-refractivity contribution in [2.75, 3.05) is 0 Å². The Hall–Kier alpha value is -0.710. The minimum absolute atomic E-state index is 0.770. The van der Waals surface area contributed by atoms with Crippen molar-refractivity contribution >= 4 is 16.3 Å². The molecule has 0 aliphatic carbocycles. The van der Waals surface area contributed by atoms with Crippen LogP contribution < -0.4 is 5.14 Å². The lowest BCUT2D eigenvalue weighted by Gasteiger charge is -1.72. The van der Waals surface area contributed by atoms with E-state index in [-0.39, 0.29) is 0 Å². The highest BCUT2D eigenvalue weighted by Crippen LogP contribution is 1.69. The third-order valence-corrected chi connectivity index (χ3v) is 0.494. The molecule has 0 radical (unpaired) electrons. The van der Waals surface area contributed by atoms with Crippen LogP contribution in [-0.4, -0.2) is 14.5 Å². The number of carbonyl (C=O) groups excluding carboxylic acids is 1. The molecule has 0 aliphatic rings. The van der Waals surface area contributed by atoms with Gasteiger partial charge in [0.15, 0.2) is 0 Å². The van der Waals surface area contributed by atoms with Crippen molar-refractivity contribution < 1.29 is 13.2 Å². The van der Waals surface area contributed by atoms with Gasteiger partial charge in [0.05, 0.1) is 0 Å². The van der Waals surface area contributed by atoms with Crippen LogP contribution >= 0.6 is 0 Å². The molecular weight excluding hydrogens is 120 g/mol. The molecule has 0 heterocycles. The van der Waals surface area contributed by atoms with Crippen LogP contribution in [0.2, 0.25) is 0 Å². The van der Waals surface area contributed by atoms with E-state index >= 15 is 0 Å². The maximum Gasteiger partial charge on any atom is 0.327 e. The van der Waals surface area contributed by atoms with Gasteiger partial charge in [-0.05, 0) is 0 Å². The second-order valence-corrected chi connectivity index (χ2v) is 1.91. The molecule has 0 spiro atoms. The van der Waals surface area contributed by atoms with E-state index in [1.165, 1.54) is 0 Å². The predicted octanol–water partition coefficient (Wildman–Crippen LogP) is -1.47. The fraction of sp³-hybridized carbons (Fsp3) is 0. The van der Waals surface area contributed by atoms with Gasteiger partial charge in [-0.15, -0.1) is 0 Å². The number of isocyanates is 1. The van der Waals surface area contributed by atoms with Crippen molar-refractivity contribution in [2.45, 2.75) is 0 Å². The number of hydrogen-bond acceptors (Lipinski definition) is 3. The zero-order chi connectivity index (χ0) is 5.91. The number of nitrogens with two attached hydrogens (primary N) is 1. The molecule has 7 heavy (non-hydrogen) atoms. The molecule has 5 nitrogen and oxygen atoms in total. The Labute approximate surface area is 40.0 Å². The van der Waals surface area contributed by atoms with Crippen LogP contribution in [0.15, 0.2) is 4.40 Å². The van der Waals surface area contributed by atoms with Crippen LogP contribution in [0.4, 0.5) is 0 Å². The Kier molecular flexibility index (Phi) is 1.65. The van der Waals surface area contributed by atoms with Crippen LogP contribution in [0.3, 0.4) is 0 Å². The summed E-state index contributed by atoms with van der Waals surface area (Å²) in [7, 11) is -3.97. The van der Waals surface area contributed by atoms with Gasteiger partial charge < -0.3 is 0 Å². The lowest BCUT2D eigenvalue weighted by atomic mass is 11.7. The molecule has 0 aromatic heterocycles. The summed E-state index contributed by atoms with van der Waals surface area (Å²) < 4.78 is 21.4. The van der Waals surface area contributed by atoms with Gasteiger partial charge in [-0.2, -0.15) is 8.42 Å². The van der Waals surface area contributed by atoms with E-state index in [2.05, 4.69) is 9.54 Å². The monoisotopic (exact) mass is 122 g/mol. The van der Waals surface area contributed by atoms with E-state index in [0.29, 0.717) is 0 Å². The maximum atomic E-state index is 9.58. The molecule has 0 amide bonds. The molecule has 0 unspecified atom stereocenters. The molecule has 0 fully saturated rings. The van der Waals surface area contributed by atoms with Crippen molar-refractivity contribution in [1.29, 1.82) is 0 Å². The second-order valence-electron chi connectivity index (χ2n) is 0.698. The van der Waals surface area contributed by atoms with Crippen LogP contribution in [0.1, 0.15) is 0 Å². The number of nitrogens with zero attached hydrogens (tertiary/aromatic N) is 1. The molecular formula is CH2N2O3S. The van der Waals surface area contributed by atoms with Gasteiger partial charge in [-0.3, -0.25) is 0 Å². The first kappa shape index (κ1) is 6.29. The van der Waals surface area contributed by atoms with E-state index in [0.717, 1.165) is 6.08 Å². The first-order valence-corrected chi connectivity index (χ1v) is 2.68. The van der Waals surface area contributed by atoms with E-state index in [4.69, 9.17) is 4.79 Å². The van der Waals surface area contributed by atoms with Crippen molar-refractivity contribution in [2.24, 2.45) is 9.54 Å². The van der Waals surface area contributed by atoms with Gasteiger partial charge in [-0.1, -0.05) is 4.40 Å². The third kappa shape index (κ3) is 5.29. The molecule has 0 aromatic rings. The van der Waals surface area contributed by atoms with E-state index in [1.807, 2.05) is 0 Å². The molecule has 0 saturated heterocycles. The summed E-state index contributed by atoms with van der Waals surface area (Å²) in [5.41, 5.74) is 0. The average molecular weight is 122 g/mol. The van der Waals surface area contributed by atoms with Gasteiger partial charge in [0.25, 0.3) is 6.08 Å². The third-order valence-electron chi connectivity index (χ3n) is 0.165. The molecule has 40 valence electrons. The fourth-order valence-corrected chi connectivity index (χ4v) is 0.156. The van der Waals surface area contributed by atoms with E-state index in [9.17, 15) is 8.42 Å². The summed E-state index contributed by atoms with van der Waals surface area (Å²) >= 11 is 0. The zero-order valence-corrected chi connectivity index (χ0v) is 3.97. The Balaban J connectivity index is 4.44. The summed E-state index contributed by atoms with van der Waals surface area (Å²) in [6.45, 7) is 0. The number of hydrogen-bond donors (Lipinski definition) is 1. The molecule has 0 rings (SSSR count). The van der Waals surface area contributed by atoms with Gasteiger partial charge in [0, 0.05) is 0 Å². The molecule has 2 N–H and O–H groups in total. The van der Waals surface area contributed by atoms with Crippen molar-refractivity contribution in [3.63, 3.8) is 0 Å². The Morgan fingerprint density at radius 2 is 2.00 bits per heavy atom. The topological polar surface area (TPSA) is 89.6 Å². The predicted molar refractivity (Wildman–Crippen MR) is 21.2 cm³/mol. The minimum atomic E-state index is -3.97. The minimum Gasteiger partial charge on any atom is -0.210 e. The van der Waals surface area contributed by atoms with Crippen molar-refractivity contribution in [3.8, 4) is 0 Å². The highest BCUT2D eigenvalue weighted by molar-refractivity contribution is 7.87. The Morgan fingerprint density at radius 1 is 1.57 bits per heavy atom. The SMILES string of the molecule is NS(=O)(=O)N=C=O. The van der Waals surface area contributed by atoms with Crippen molar-refractivity contribution in [1.82, 2.24) is 0 Å². The lowest BCUT2D eigenvalue weighted by molar-refractivity contribution is 0.564. The lowest BCUT2D eigenvalue weighted by Crippen LogP contribution is -2.06. The summed E-state index contributed by atoms with van der Waals surface area (Å²) in [4.78, 5) is 9.07. The first-order valence-electron chi connectivity index (χ1n) is 1.18. The molecule has 0 atom stereocenters. The average Bonchev–Trinajstić information content (AvgIpc) is 1.30. The zero-order valence-electron chi connectivity index (χ0n) is 3.16. The van der Waals surface area contributed by atoms with Crippen LogP contribution in [0, 0.1) is 0 Å². The number of rotatable bonds is 1. The Bertz CT molecular complexity index is 185. The maximum absolute atomic E-state index is 9.58. The van der Waals surface area contributed by atoms with Crippen LogP contribution in [-0.2, 0) is 15.0 Å². The molecule has 6 heteroatoms. The highest BCUT2D eigenvalue weighted by Gasteiger charge is 1.90. The summed E-state index contributed by atoms with van der Waals surface area (Å²) in [6, 6.07) is 0. The smallest absolute Gasteiger partial charge is 0.210 e. The second kappa shape index (κ2) is 1.83. The first-order chi connectivity index (χ1) is 3.06. The fourth-order valence-electron chi connectivity index (χ4n) is 0.0519. The van der Waals surface area contributed by atoms with Crippen LogP contribution in [0.25, 0.3) is 0 Å². The van der Waals surface area contributed by atoms with Gasteiger partial charge >= 0.3 is 10.2 Å². The van der Waals surface area contributed by atoms with Gasteiger partial charge in [0.2, 0.25) is 0 Å². The van der Waals surface area contributed by atoms with Crippen LogP contribution in [0.5, 0.6) is 0 Å². The highest BCUT2D eigenvalue weighted by atomic mass is 32.2. The largest absolute Gasteiger partial charge is 0.327 e. The summed E-state index contributed by atoms with van der Waals surface area (Å²) in [6.07, 6.45) is 0.770. The molecule has 0 bridgehead atoms.